The fraction of sp³-hybridized carbons (Fsp3) is 0.452. The first-order valence-electron chi connectivity index (χ1n) is 13.2. The Balaban J connectivity index is 1.40. The van der Waals surface area contributed by atoms with Crippen molar-refractivity contribution in [1.29, 1.82) is 0 Å². The second-order valence-corrected chi connectivity index (χ2v) is 11.3. The van der Waals surface area contributed by atoms with E-state index in [4.69, 9.17) is 19.9 Å². The minimum absolute atomic E-state index is 0.171. The molecule has 4 fully saturated rings. The van der Waals surface area contributed by atoms with Gasteiger partial charge < -0.3 is 19.9 Å². The van der Waals surface area contributed by atoms with Crippen LogP contribution < -0.4 is 10.5 Å². The van der Waals surface area contributed by atoms with E-state index in [-0.39, 0.29) is 18.5 Å². The van der Waals surface area contributed by atoms with Crippen LogP contribution in [-0.2, 0) is 14.9 Å². The van der Waals surface area contributed by atoms with E-state index in [9.17, 15) is 4.79 Å². The van der Waals surface area contributed by atoms with Gasteiger partial charge in [-0.3, -0.25) is 4.79 Å². The van der Waals surface area contributed by atoms with Crippen LogP contribution in [0.15, 0.2) is 54.6 Å². The molecule has 7 rings (SSSR count). The van der Waals surface area contributed by atoms with Crippen molar-refractivity contribution in [2.45, 2.75) is 57.2 Å². The molecule has 0 radical (unpaired) electrons. The van der Waals surface area contributed by atoms with E-state index < -0.39 is 5.91 Å². The molecule has 5 heteroatoms. The van der Waals surface area contributed by atoms with Crippen molar-refractivity contribution in [1.82, 2.24) is 0 Å². The van der Waals surface area contributed by atoms with Crippen molar-refractivity contribution in [2.24, 2.45) is 23.5 Å². The summed E-state index contributed by atoms with van der Waals surface area (Å²) in [5.41, 5.74) is 9.69. The van der Waals surface area contributed by atoms with Crippen molar-refractivity contribution in [3.63, 3.8) is 0 Å². The third-order valence-electron chi connectivity index (χ3n) is 8.90. The molecule has 1 unspecified atom stereocenters. The van der Waals surface area contributed by atoms with E-state index in [1.165, 1.54) is 49.5 Å². The van der Waals surface area contributed by atoms with Gasteiger partial charge in [0.1, 0.15) is 5.75 Å². The fourth-order valence-corrected chi connectivity index (χ4v) is 7.52. The summed E-state index contributed by atoms with van der Waals surface area (Å²) in [4.78, 5) is 11.5. The SMILES string of the molecule is COC(C)OCOc1cc2ccc(-c3ccc(C(N)=O)cc3)cc2cc1C12CC3CC(CC(C3)C1)C2. The zero-order valence-corrected chi connectivity index (χ0v) is 21.2. The summed E-state index contributed by atoms with van der Waals surface area (Å²) in [5.74, 6) is 3.09. The molecule has 4 aliphatic rings. The molecular weight excluding hydrogens is 450 g/mol. The van der Waals surface area contributed by atoms with E-state index >= 15 is 0 Å². The number of rotatable bonds is 8. The number of hydrogen-bond acceptors (Lipinski definition) is 4. The molecule has 0 heterocycles. The van der Waals surface area contributed by atoms with Gasteiger partial charge in [0.25, 0.3) is 0 Å². The molecule has 4 aliphatic carbocycles. The van der Waals surface area contributed by atoms with E-state index in [1.54, 1.807) is 19.2 Å². The van der Waals surface area contributed by atoms with Crippen LogP contribution in [0.3, 0.4) is 0 Å². The van der Waals surface area contributed by atoms with Gasteiger partial charge in [-0.25, -0.2) is 0 Å². The van der Waals surface area contributed by atoms with Crippen molar-refractivity contribution < 1.29 is 19.0 Å². The number of ether oxygens (including phenoxy) is 3. The highest BCUT2D eigenvalue weighted by Crippen LogP contribution is 2.62. The Morgan fingerprint density at radius 3 is 2.17 bits per heavy atom. The van der Waals surface area contributed by atoms with Crippen molar-refractivity contribution >= 4 is 16.7 Å². The van der Waals surface area contributed by atoms with Gasteiger partial charge >= 0.3 is 0 Å². The zero-order chi connectivity index (χ0) is 24.9. The normalized spacial score (nSPS) is 27.3. The van der Waals surface area contributed by atoms with Gasteiger partial charge in [-0.1, -0.05) is 24.3 Å². The van der Waals surface area contributed by atoms with Crippen molar-refractivity contribution in [2.75, 3.05) is 13.9 Å². The molecule has 5 nitrogen and oxygen atoms in total. The van der Waals surface area contributed by atoms with E-state index in [0.29, 0.717) is 5.56 Å². The number of nitrogens with two attached hydrogens (primary N) is 1. The molecule has 0 saturated heterocycles. The summed E-state index contributed by atoms with van der Waals surface area (Å²) in [6, 6.07) is 18.6. The Labute approximate surface area is 212 Å². The van der Waals surface area contributed by atoms with Crippen LogP contribution in [0.2, 0.25) is 0 Å². The highest BCUT2D eigenvalue weighted by molar-refractivity contribution is 5.94. The molecule has 1 atom stereocenters. The summed E-state index contributed by atoms with van der Waals surface area (Å²) < 4.78 is 17.3. The number of carbonyl (C=O) groups is 1. The van der Waals surface area contributed by atoms with Gasteiger partial charge in [-0.05, 0) is 121 Å². The maximum atomic E-state index is 11.5. The second kappa shape index (κ2) is 9.20. The topological polar surface area (TPSA) is 70.8 Å². The molecule has 36 heavy (non-hydrogen) atoms. The number of carbonyl (C=O) groups excluding carboxylic acids is 1. The number of amides is 1. The highest BCUT2D eigenvalue weighted by atomic mass is 16.7. The van der Waals surface area contributed by atoms with E-state index in [2.05, 4.69) is 30.3 Å². The molecule has 1 amide bonds. The van der Waals surface area contributed by atoms with Gasteiger partial charge in [0.15, 0.2) is 13.1 Å². The Hall–Kier alpha value is -2.89. The van der Waals surface area contributed by atoms with E-state index in [1.807, 2.05) is 19.1 Å². The molecule has 3 aromatic carbocycles. The van der Waals surface area contributed by atoms with Crippen LogP contribution in [0.5, 0.6) is 5.75 Å². The van der Waals surface area contributed by atoms with Gasteiger partial charge in [0.05, 0.1) is 0 Å². The van der Waals surface area contributed by atoms with Crippen LogP contribution >= 0.6 is 0 Å². The minimum Gasteiger partial charge on any atom is -0.467 e. The number of methoxy groups -OCH3 is 1. The number of primary amides is 1. The lowest BCUT2D eigenvalue weighted by molar-refractivity contribution is -0.150. The van der Waals surface area contributed by atoms with Crippen molar-refractivity contribution in [3.05, 3.63) is 65.7 Å². The average Bonchev–Trinajstić information content (AvgIpc) is 2.87. The van der Waals surface area contributed by atoms with Crippen LogP contribution in [0, 0.1) is 17.8 Å². The Morgan fingerprint density at radius 2 is 1.56 bits per heavy atom. The summed E-state index contributed by atoms with van der Waals surface area (Å²) >= 11 is 0. The molecule has 0 spiro atoms. The molecule has 188 valence electrons. The van der Waals surface area contributed by atoms with Crippen LogP contribution in [0.4, 0.5) is 0 Å². The molecule has 0 aromatic heterocycles. The molecule has 4 saturated carbocycles. The summed E-state index contributed by atoms with van der Waals surface area (Å²) in [6.45, 7) is 2.05. The summed E-state index contributed by atoms with van der Waals surface area (Å²) in [6.07, 6.45) is 7.71. The third kappa shape index (κ3) is 4.29. The standard InChI is InChI=1S/C31H35NO4/c1-19(34-2)35-18-36-29-14-26-8-7-25(23-3-5-24(6-4-23)30(32)33)12-27(26)13-28(29)31-15-20-9-21(16-31)11-22(10-20)17-31/h3-8,12-14,19-22H,9-11,15-18H2,1-2H3,(H2,32,33). The predicted molar refractivity (Wildman–Crippen MR) is 141 cm³/mol. The lowest BCUT2D eigenvalue weighted by atomic mass is 9.48. The first-order chi connectivity index (χ1) is 17.4. The maximum absolute atomic E-state index is 11.5. The quantitative estimate of drug-likeness (QED) is 0.374. The molecule has 2 N–H and O–H groups in total. The van der Waals surface area contributed by atoms with E-state index in [0.717, 1.165) is 40.0 Å². The predicted octanol–water partition coefficient (Wildman–Crippen LogP) is 6.42. The minimum atomic E-state index is -0.406. The van der Waals surface area contributed by atoms with Crippen LogP contribution in [-0.4, -0.2) is 26.1 Å². The lowest BCUT2D eigenvalue weighted by Crippen LogP contribution is -2.48. The maximum Gasteiger partial charge on any atom is 0.248 e. The average molecular weight is 486 g/mol. The smallest absolute Gasteiger partial charge is 0.248 e. The third-order valence-corrected chi connectivity index (χ3v) is 8.90. The van der Waals surface area contributed by atoms with Gasteiger partial charge in [-0.2, -0.15) is 0 Å². The van der Waals surface area contributed by atoms with Gasteiger partial charge in [-0.15, -0.1) is 0 Å². The zero-order valence-electron chi connectivity index (χ0n) is 21.2. The molecular formula is C31H35NO4. The Bertz CT molecular complexity index is 1250. The largest absolute Gasteiger partial charge is 0.467 e. The summed E-state index contributed by atoms with van der Waals surface area (Å²) in [5, 5.41) is 2.37. The Morgan fingerprint density at radius 1 is 0.917 bits per heavy atom. The monoisotopic (exact) mass is 485 g/mol. The van der Waals surface area contributed by atoms with Crippen LogP contribution in [0.25, 0.3) is 21.9 Å². The Kier molecular flexibility index (Phi) is 6.01. The number of fused-ring (bicyclic) bond motifs is 1. The number of hydrogen-bond donors (Lipinski definition) is 1. The highest BCUT2D eigenvalue weighted by Gasteiger charge is 2.52. The van der Waals surface area contributed by atoms with Gasteiger partial charge in [0, 0.05) is 18.2 Å². The molecule has 0 aliphatic heterocycles. The van der Waals surface area contributed by atoms with Crippen LogP contribution in [0.1, 0.15) is 61.4 Å². The van der Waals surface area contributed by atoms with Crippen molar-refractivity contribution in [3.8, 4) is 16.9 Å². The molecule has 4 bridgehead atoms. The second-order valence-electron chi connectivity index (χ2n) is 11.3. The first kappa shape index (κ1) is 23.5. The lowest BCUT2D eigenvalue weighted by Gasteiger charge is -2.57. The molecule has 3 aromatic rings. The fourth-order valence-electron chi connectivity index (χ4n) is 7.52. The first-order valence-corrected chi connectivity index (χ1v) is 13.2. The van der Waals surface area contributed by atoms with Gasteiger partial charge in [0.2, 0.25) is 5.91 Å². The number of benzene rings is 3. The summed E-state index contributed by atoms with van der Waals surface area (Å²) in [7, 11) is 1.64.